The molecule has 0 amide bonds. The van der Waals surface area contributed by atoms with Gasteiger partial charge in [-0.25, -0.2) is 9.59 Å². The minimum Gasteiger partial charge on any atom is -0.457 e. The van der Waals surface area contributed by atoms with E-state index < -0.39 is 11.9 Å². The van der Waals surface area contributed by atoms with Crippen LogP contribution in [-0.4, -0.2) is 24.8 Å². The summed E-state index contributed by atoms with van der Waals surface area (Å²) in [6, 6.07) is 18.9. The van der Waals surface area contributed by atoms with Gasteiger partial charge < -0.3 is 18.9 Å². The number of halogens is 2. The monoisotopic (exact) mass is 528 g/mol. The Morgan fingerprint density at radius 2 is 1.33 bits per heavy atom. The zero-order valence-electron chi connectivity index (χ0n) is 19.6. The molecule has 1 heterocycles. The standard InChI is InChI=1S/C28H26Cl2O6/c29-24-7-3-5-19(13-24)16-35-27(31)22-11-21(18-34-26-9-1-2-10-33-26)12-23(15-22)28(32)36-17-20-6-4-8-25(30)14-20/h3-8,11-15,26H,1-2,9-10,16-18H2. The van der Waals surface area contributed by atoms with Crippen LogP contribution in [-0.2, 0) is 38.8 Å². The van der Waals surface area contributed by atoms with Gasteiger partial charge in [-0.15, -0.1) is 0 Å². The van der Waals surface area contributed by atoms with Crippen molar-refractivity contribution in [1.82, 2.24) is 0 Å². The summed E-state index contributed by atoms with van der Waals surface area (Å²) in [5.74, 6) is -1.15. The lowest BCUT2D eigenvalue weighted by atomic mass is 10.1. The fraction of sp³-hybridized carbons (Fsp3) is 0.286. The predicted octanol–water partition coefficient (Wildman–Crippen LogP) is 6.75. The molecule has 3 aromatic rings. The highest BCUT2D eigenvalue weighted by Crippen LogP contribution is 2.20. The lowest BCUT2D eigenvalue weighted by molar-refractivity contribution is -0.168. The van der Waals surface area contributed by atoms with Crippen molar-refractivity contribution in [2.45, 2.75) is 45.4 Å². The lowest BCUT2D eigenvalue weighted by Crippen LogP contribution is -2.22. The Hall–Kier alpha value is -2.90. The van der Waals surface area contributed by atoms with E-state index in [4.69, 9.17) is 42.1 Å². The number of esters is 2. The molecule has 36 heavy (non-hydrogen) atoms. The van der Waals surface area contributed by atoms with Crippen molar-refractivity contribution in [3.05, 3.63) is 105 Å². The van der Waals surface area contributed by atoms with E-state index in [1.807, 2.05) is 12.1 Å². The highest BCUT2D eigenvalue weighted by atomic mass is 35.5. The Labute approximate surface area is 220 Å². The average Bonchev–Trinajstić information content (AvgIpc) is 2.89. The molecule has 1 aliphatic heterocycles. The average molecular weight is 529 g/mol. The number of carbonyl (C=O) groups is 2. The molecule has 6 nitrogen and oxygen atoms in total. The molecule has 4 rings (SSSR count). The van der Waals surface area contributed by atoms with Gasteiger partial charge in [-0.2, -0.15) is 0 Å². The quantitative estimate of drug-likeness (QED) is 0.286. The highest BCUT2D eigenvalue weighted by Gasteiger charge is 2.18. The second kappa shape index (κ2) is 12.9. The molecule has 0 bridgehead atoms. The summed E-state index contributed by atoms with van der Waals surface area (Å²) in [7, 11) is 0. The summed E-state index contributed by atoms with van der Waals surface area (Å²) in [4.78, 5) is 25.7. The van der Waals surface area contributed by atoms with Crippen molar-refractivity contribution in [2.24, 2.45) is 0 Å². The van der Waals surface area contributed by atoms with Crippen LogP contribution in [0.15, 0.2) is 66.7 Å². The Balaban J connectivity index is 1.48. The molecule has 1 atom stereocenters. The van der Waals surface area contributed by atoms with Crippen molar-refractivity contribution in [2.75, 3.05) is 6.61 Å². The second-order valence-electron chi connectivity index (χ2n) is 8.44. The summed E-state index contributed by atoms with van der Waals surface area (Å²) in [6.07, 6.45) is 2.53. The Morgan fingerprint density at radius 1 is 0.750 bits per heavy atom. The van der Waals surface area contributed by atoms with Gasteiger partial charge in [0.1, 0.15) is 13.2 Å². The summed E-state index contributed by atoms with van der Waals surface area (Å²) < 4.78 is 22.4. The van der Waals surface area contributed by atoms with Gasteiger partial charge in [0, 0.05) is 16.7 Å². The SMILES string of the molecule is O=C(OCc1cccc(Cl)c1)c1cc(COC2CCCCO2)cc(C(=O)OCc2cccc(Cl)c2)c1. The Morgan fingerprint density at radius 3 is 1.83 bits per heavy atom. The van der Waals surface area contributed by atoms with E-state index in [2.05, 4.69) is 0 Å². The molecule has 8 heteroatoms. The van der Waals surface area contributed by atoms with Gasteiger partial charge >= 0.3 is 11.9 Å². The van der Waals surface area contributed by atoms with Gasteiger partial charge in [-0.1, -0.05) is 47.5 Å². The zero-order chi connectivity index (χ0) is 25.3. The summed E-state index contributed by atoms with van der Waals surface area (Å²) in [6.45, 7) is 0.922. The van der Waals surface area contributed by atoms with Gasteiger partial charge in [0.2, 0.25) is 0 Å². The first-order valence-electron chi connectivity index (χ1n) is 11.7. The topological polar surface area (TPSA) is 71.1 Å². The van der Waals surface area contributed by atoms with Crippen LogP contribution < -0.4 is 0 Å². The highest BCUT2D eigenvalue weighted by molar-refractivity contribution is 6.30. The maximum absolute atomic E-state index is 12.9. The van der Waals surface area contributed by atoms with E-state index in [1.54, 1.807) is 48.5 Å². The molecule has 0 saturated carbocycles. The molecule has 188 valence electrons. The van der Waals surface area contributed by atoms with Gasteiger partial charge in [0.05, 0.1) is 17.7 Å². The molecule has 1 unspecified atom stereocenters. The van der Waals surface area contributed by atoms with Crippen LogP contribution in [0.5, 0.6) is 0 Å². The van der Waals surface area contributed by atoms with E-state index in [1.165, 1.54) is 6.07 Å². The molecule has 0 spiro atoms. The number of benzene rings is 3. The zero-order valence-corrected chi connectivity index (χ0v) is 21.1. The molecule has 0 aliphatic carbocycles. The van der Waals surface area contributed by atoms with Crippen LogP contribution >= 0.6 is 23.2 Å². The third-order valence-corrected chi connectivity index (χ3v) is 6.03. The van der Waals surface area contributed by atoms with Crippen LogP contribution in [0.2, 0.25) is 10.0 Å². The lowest BCUT2D eigenvalue weighted by Gasteiger charge is -2.22. The van der Waals surface area contributed by atoms with Crippen LogP contribution in [0.25, 0.3) is 0 Å². The Bertz CT molecular complexity index is 1130. The summed E-state index contributed by atoms with van der Waals surface area (Å²) >= 11 is 12.0. The number of hydrogen-bond donors (Lipinski definition) is 0. The van der Waals surface area contributed by atoms with E-state index in [-0.39, 0.29) is 37.2 Å². The van der Waals surface area contributed by atoms with Crippen LogP contribution in [0.3, 0.4) is 0 Å². The molecule has 3 aromatic carbocycles. The fourth-order valence-corrected chi connectivity index (χ4v) is 4.19. The van der Waals surface area contributed by atoms with Gasteiger partial charge in [-0.05, 0) is 78.4 Å². The maximum Gasteiger partial charge on any atom is 0.338 e. The third kappa shape index (κ3) is 7.80. The van der Waals surface area contributed by atoms with Crippen molar-refractivity contribution in [3.8, 4) is 0 Å². The molecule has 1 aliphatic rings. The molecule has 1 fully saturated rings. The summed E-state index contributed by atoms with van der Waals surface area (Å²) in [5.41, 5.74) is 2.59. The normalized spacial score (nSPS) is 15.3. The molecule has 1 saturated heterocycles. The van der Waals surface area contributed by atoms with E-state index in [0.717, 1.165) is 30.4 Å². The van der Waals surface area contributed by atoms with Gasteiger partial charge in [0.15, 0.2) is 6.29 Å². The first-order chi connectivity index (χ1) is 17.5. The number of ether oxygens (including phenoxy) is 4. The minimum atomic E-state index is -0.574. The van der Waals surface area contributed by atoms with Crippen molar-refractivity contribution < 1.29 is 28.5 Å². The van der Waals surface area contributed by atoms with Gasteiger partial charge in [0.25, 0.3) is 0 Å². The molecule has 0 N–H and O–H groups in total. The largest absolute Gasteiger partial charge is 0.457 e. The van der Waals surface area contributed by atoms with E-state index >= 15 is 0 Å². The first-order valence-corrected chi connectivity index (χ1v) is 12.4. The second-order valence-corrected chi connectivity index (χ2v) is 9.31. The predicted molar refractivity (Wildman–Crippen MR) is 136 cm³/mol. The van der Waals surface area contributed by atoms with Crippen LogP contribution in [0, 0.1) is 0 Å². The van der Waals surface area contributed by atoms with E-state index in [9.17, 15) is 9.59 Å². The van der Waals surface area contributed by atoms with Gasteiger partial charge in [-0.3, -0.25) is 0 Å². The van der Waals surface area contributed by atoms with Crippen molar-refractivity contribution in [3.63, 3.8) is 0 Å². The minimum absolute atomic E-state index is 0.0462. The smallest absolute Gasteiger partial charge is 0.338 e. The van der Waals surface area contributed by atoms with E-state index in [0.29, 0.717) is 22.2 Å². The van der Waals surface area contributed by atoms with Crippen molar-refractivity contribution in [1.29, 1.82) is 0 Å². The molecular formula is C28H26Cl2O6. The maximum atomic E-state index is 12.9. The third-order valence-electron chi connectivity index (χ3n) is 5.56. The van der Waals surface area contributed by atoms with Crippen molar-refractivity contribution >= 4 is 35.1 Å². The summed E-state index contributed by atoms with van der Waals surface area (Å²) in [5, 5.41) is 1.11. The Kier molecular flexibility index (Phi) is 9.36. The molecular weight excluding hydrogens is 503 g/mol. The van der Waals surface area contributed by atoms with Crippen LogP contribution in [0.4, 0.5) is 0 Å². The number of rotatable bonds is 9. The van der Waals surface area contributed by atoms with Crippen LogP contribution in [0.1, 0.15) is 56.7 Å². The molecule has 0 radical (unpaired) electrons. The number of hydrogen-bond acceptors (Lipinski definition) is 6. The molecule has 0 aromatic heterocycles. The fourth-order valence-electron chi connectivity index (χ4n) is 3.76. The first kappa shape index (κ1) is 26.2. The number of carbonyl (C=O) groups excluding carboxylic acids is 2.